The van der Waals surface area contributed by atoms with Crippen molar-refractivity contribution in [3.8, 4) is 0 Å². The van der Waals surface area contributed by atoms with Crippen LogP contribution in [-0.4, -0.2) is 39.5 Å². The van der Waals surface area contributed by atoms with Crippen LogP contribution in [0.1, 0.15) is 19.0 Å². The van der Waals surface area contributed by atoms with E-state index >= 15 is 0 Å². The maximum atomic E-state index is 10.9. The van der Waals surface area contributed by atoms with Gasteiger partial charge in [-0.15, -0.1) is 5.10 Å². The van der Waals surface area contributed by atoms with Crippen LogP contribution in [0, 0.1) is 0 Å². The van der Waals surface area contributed by atoms with Crippen LogP contribution in [0.3, 0.4) is 0 Å². The van der Waals surface area contributed by atoms with Gasteiger partial charge in [-0.25, -0.2) is 0 Å². The second-order valence-electron chi connectivity index (χ2n) is 3.91. The molecule has 5 nitrogen and oxygen atoms in total. The molecule has 1 aromatic rings. The van der Waals surface area contributed by atoms with Crippen LogP contribution in [0.25, 0.3) is 0 Å². The number of likely N-dealkylation sites (tertiary alicyclic amines) is 1. The number of hydrogen-bond donors (Lipinski definition) is 1. The Morgan fingerprint density at radius 2 is 2.56 bits per heavy atom. The average molecular weight is 261 g/mol. The van der Waals surface area contributed by atoms with E-state index in [1.807, 2.05) is 0 Å². The highest BCUT2D eigenvalue weighted by Crippen LogP contribution is 2.20. The first-order valence-corrected chi connectivity index (χ1v) is 6.26. The first-order valence-electron chi connectivity index (χ1n) is 5.11. The maximum absolute atomic E-state index is 10.9. The number of carbonyl (C=O) groups excluding carboxylic acids is 1. The van der Waals surface area contributed by atoms with Crippen LogP contribution >= 0.6 is 23.1 Å². The molecule has 1 amide bonds. The highest BCUT2D eigenvalue weighted by Gasteiger charge is 2.24. The van der Waals surface area contributed by atoms with Crippen molar-refractivity contribution < 1.29 is 4.79 Å². The summed E-state index contributed by atoms with van der Waals surface area (Å²) in [6, 6.07) is 0.253. The Morgan fingerprint density at radius 3 is 3.19 bits per heavy atom. The minimum Gasteiger partial charge on any atom is -0.352 e. The van der Waals surface area contributed by atoms with Crippen LogP contribution in [-0.2, 0) is 11.3 Å². The van der Waals surface area contributed by atoms with Gasteiger partial charge in [0.05, 0.1) is 0 Å². The molecule has 0 bridgehead atoms. The Labute approximate surface area is 103 Å². The van der Waals surface area contributed by atoms with Crippen LogP contribution < -0.4 is 5.32 Å². The molecule has 0 aliphatic carbocycles. The van der Waals surface area contributed by atoms with E-state index in [0.717, 1.165) is 25.2 Å². The van der Waals surface area contributed by atoms with Crippen molar-refractivity contribution in [1.82, 2.24) is 19.8 Å². The predicted molar refractivity (Wildman–Crippen MR) is 62.4 cm³/mol. The molecule has 7 heteroatoms. The summed E-state index contributed by atoms with van der Waals surface area (Å²) in [7, 11) is 0. The molecule has 1 N–H and O–H groups in total. The summed E-state index contributed by atoms with van der Waals surface area (Å²) < 4.78 is 4.45. The summed E-state index contributed by atoms with van der Waals surface area (Å²) in [4.78, 5) is 13.1. The van der Waals surface area contributed by atoms with E-state index in [1.165, 1.54) is 11.5 Å². The third kappa shape index (κ3) is 2.90. The van der Waals surface area contributed by atoms with Crippen molar-refractivity contribution in [2.24, 2.45) is 0 Å². The van der Waals surface area contributed by atoms with Gasteiger partial charge in [-0.05, 0) is 6.42 Å². The fourth-order valence-corrected chi connectivity index (χ4v) is 2.50. The lowest BCUT2D eigenvalue weighted by atomic mass is 10.2. The zero-order chi connectivity index (χ0) is 11.5. The fraction of sp³-hybridized carbons (Fsp3) is 0.667. The minimum absolute atomic E-state index is 0.0280. The van der Waals surface area contributed by atoms with E-state index in [1.54, 1.807) is 6.92 Å². The minimum atomic E-state index is 0.0280. The lowest BCUT2D eigenvalue weighted by Crippen LogP contribution is -2.35. The summed E-state index contributed by atoms with van der Waals surface area (Å²) in [6.07, 6.45) is 0.981. The lowest BCUT2D eigenvalue weighted by molar-refractivity contribution is -0.119. The molecule has 0 aromatic carbocycles. The second-order valence-corrected chi connectivity index (χ2v) is 5.27. The Morgan fingerprint density at radius 1 is 1.75 bits per heavy atom. The molecule has 0 saturated carbocycles. The Kier molecular flexibility index (Phi) is 3.73. The zero-order valence-electron chi connectivity index (χ0n) is 8.94. The van der Waals surface area contributed by atoms with Crippen LogP contribution in [0.4, 0.5) is 0 Å². The zero-order valence-corrected chi connectivity index (χ0v) is 10.5. The Balaban J connectivity index is 1.85. The summed E-state index contributed by atoms with van der Waals surface area (Å²) in [5.41, 5.74) is 0.829. The first-order chi connectivity index (χ1) is 7.65. The third-order valence-electron chi connectivity index (χ3n) is 2.56. The van der Waals surface area contributed by atoms with E-state index in [0.29, 0.717) is 10.9 Å². The smallest absolute Gasteiger partial charge is 0.217 e. The molecule has 16 heavy (non-hydrogen) atoms. The van der Waals surface area contributed by atoms with Gasteiger partial charge in [-0.3, -0.25) is 9.69 Å². The number of carbonyl (C=O) groups is 1. The SMILES string of the molecule is CC(=O)NC1CCN(Cc2nnsc2Cl)C1. The van der Waals surface area contributed by atoms with Gasteiger partial charge in [-0.2, -0.15) is 0 Å². The van der Waals surface area contributed by atoms with Crippen molar-refractivity contribution in [3.63, 3.8) is 0 Å². The standard InChI is InChI=1S/C9H13ClN4OS/c1-6(15)11-7-2-3-14(4-7)5-8-9(10)16-13-12-8/h7H,2-5H2,1H3,(H,11,15). The van der Waals surface area contributed by atoms with Gasteiger partial charge < -0.3 is 5.32 Å². The normalized spacial score (nSPS) is 21.2. The molecule has 0 radical (unpaired) electrons. The Bertz CT molecular complexity index is 383. The average Bonchev–Trinajstić information content (AvgIpc) is 2.77. The van der Waals surface area contributed by atoms with Gasteiger partial charge in [0, 0.05) is 44.1 Å². The molecule has 1 saturated heterocycles. The number of aromatic nitrogens is 2. The van der Waals surface area contributed by atoms with E-state index in [9.17, 15) is 4.79 Å². The first kappa shape index (κ1) is 11.8. The monoisotopic (exact) mass is 260 g/mol. The molecule has 1 fully saturated rings. The van der Waals surface area contributed by atoms with Crippen molar-refractivity contribution in [2.75, 3.05) is 13.1 Å². The summed E-state index contributed by atoms with van der Waals surface area (Å²) in [5, 5.41) is 6.89. The second kappa shape index (κ2) is 5.07. The van der Waals surface area contributed by atoms with Crippen molar-refractivity contribution in [2.45, 2.75) is 25.9 Å². The summed E-state index contributed by atoms with van der Waals surface area (Å²) in [6.45, 7) is 4.07. The molecule has 0 spiro atoms. The van der Waals surface area contributed by atoms with Gasteiger partial charge in [0.25, 0.3) is 0 Å². The fourth-order valence-electron chi connectivity index (χ4n) is 1.88. The molecule has 1 aromatic heterocycles. The quantitative estimate of drug-likeness (QED) is 0.877. The topological polar surface area (TPSA) is 58.1 Å². The van der Waals surface area contributed by atoms with Gasteiger partial charge in [-0.1, -0.05) is 16.1 Å². The van der Waals surface area contributed by atoms with Gasteiger partial charge >= 0.3 is 0 Å². The number of nitrogens with one attached hydrogen (secondary N) is 1. The van der Waals surface area contributed by atoms with Crippen molar-refractivity contribution >= 4 is 29.0 Å². The van der Waals surface area contributed by atoms with E-state index in [2.05, 4.69) is 19.8 Å². The Hall–Kier alpha value is -0.720. The van der Waals surface area contributed by atoms with Gasteiger partial charge in [0.1, 0.15) is 10.0 Å². The summed E-state index contributed by atoms with van der Waals surface area (Å²) in [5.74, 6) is 0.0280. The number of rotatable bonds is 3. The third-order valence-corrected chi connectivity index (χ3v) is 3.55. The molecule has 1 aliphatic rings. The molecule has 88 valence electrons. The number of amides is 1. The molecule has 2 rings (SSSR count). The van der Waals surface area contributed by atoms with Crippen molar-refractivity contribution in [1.29, 1.82) is 0 Å². The highest BCUT2D eigenvalue weighted by molar-refractivity contribution is 7.10. The van der Waals surface area contributed by atoms with Crippen LogP contribution in [0.2, 0.25) is 4.34 Å². The van der Waals surface area contributed by atoms with E-state index in [4.69, 9.17) is 11.6 Å². The van der Waals surface area contributed by atoms with Gasteiger partial charge in [0.2, 0.25) is 5.91 Å². The molecule has 1 aliphatic heterocycles. The number of nitrogens with zero attached hydrogens (tertiary/aromatic N) is 3. The molecular weight excluding hydrogens is 248 g/mol. The number of hydrogen-bond acceptors (Lipinski definition) is 5. The van der Waals surface area contributed by atoms with Crippen LogP contribution in [0.15, 0.2) is 0 Å². The molecule has 1 unspecified atom stereocenters. The summed E-state index contributed by atoms with van der Waals surface area (Å²) >= 11 is 7.14. The number of halogens is 1. The molecule has 1 atom stereocenters. The van der Waals surface area contributed by atoms with E-state index < -0.39 is 0 Å². The molecule has 2 heterocycles. The maximum Gasteiger partial charge on any atom is 0.217 e. The molecular formula is C9H13ClN4OS. The lowest BCUT2D eigenvalue weighted by Gasteiger charge is -2.14. The van der Waals surface area contributed by atoms with Gasteiger partial charge in [0.15, 0.2) is 0 Å². The highest BCUT2D eigenvalue weighted by atomic mass is 35.5. The van der Waals surface area contributed by atoms with Crippen molar-refractivity contribution in [3.05, 3.63) is 10.0 Å². The van der Waals surface area contributed by atoms with E-state index in [-0.39, 0.29) is 11.9 Å². The van der Waals surface area contributed by atoms with Crippen LogP contribution in [0.5, 0.6) is 0 Å². The predicted octanol–water partition coefficient (Wildman–Crippen LogP) is 0.902. The largest absolute Gasteiger partial charge is 0.352 e.